The molecule has 0 saturated carbocycles. The van der Waals surface area contributed by atoms with Crippen LogP contribution < -0.4 is 69.3 Å². The fourth-order valence-corrected chi connectivity index (χ4v) is 4.51. The van der Waals surface area contributed by atoms with Gasteiger partial charge in [-0.05, 0) is 30.4 Å². The van der Waals surface area contributed by atoms with Gasteiger partial charge in [-0.15, -0.1) is 0 Å². The van der Waals surface area contributed by atoms with Gasteiger partial charge in [0, 0.05) is 11.8 Å². The maximum Gasteiger partial charge on any atom is 1.00 e. The number of allylic oxidation sites excluding steroid dienone is 2. The van der Waals surface area contributed by atoms with E-state index in [-0.39, 0.29) is 64.7 Å². The van der Waals surface area contributed by atoms with Crippen LogP contribution in [0.2, 0.25) is 0 Å². The second-order valence-electron chi connectivity index (χ2n) is 5.55. The number of rotatable bonds is 4. The summed E-state index contributed by atoms with van der Waals surface area (Å²) in [6, 6.07) is 4.80. The molecule has 1 atom stereocenters. The van der Waals surface area contributed by atoms with Gasteiger partial charge in [-0.1, -0.05) is 12.6 Å². The monoisotopic (exact) mass is 432 g/mol. The zero-order valence-electron chi connectivity index (χ0n) is 15.5. The summed E-state index contributed by atoms with van der Waals surface area (Å²) in [5.74, 6) is -4.40. The van der Waals surface area contributed by atoms with Crippen molar-refractivity contribution in [1.82, 2.24) is 9.88 Å². The van der Waals surface area contributed by atoms with Gasteiger partial charge in [-0.2, -0.15) is 0 Å². The van der Waals surface area contributed by atoms with Gasteiger partial charge in [0.2, 0.25) is 9.84 Å². The number of aromatic nitrogens is 1. The van der Waals surface area contributed by atoms with E-state index >= 15 is 0 Å². The van der Waals surface area contributed by atoms with E-state index in [2.05, 4.69) is 11.6 Å². The summed E-state index contributed by atoms with van der Waals surface area (Å²) in [5, 5.41) is 20.5. The number of amides is 1. The molecule has 0 unspecified atom stereocenters. The molecule has 0 aromatic carbocycles. The summed E-state index contributed by atoms with van der Waals surface area (Å²) in [4.78, 5) is 38.5. The first-order valence-corrected chi connectivity index (χ1v) is 8.95. The van der Waals surface area contributed by atoms with E-state index in [4.69, 9.17) is 0 Å². The van der Waals surface area contributed by atoms with Crippen molar-refractivity contribution in [2.45, 2.75) is 5.37 Å². The maximum atomic E-state index is 12.7. The van der Waals surface area contributed by atoms with Gasteiger partial charge in [-0.3, -0.25) is 14.7 Å². The number of pyridine rings is 1. The number of hydrogen-bond acceptors (Lipinski definition) is 8. The van der Waals surface area contributed by atoms with Gasteiger partial charge in [0.25, 0.3) is 5.91 Å². The van der Waals surface area contributed by atoms with Gasteiger partial charge >= 0.3 is 59.1 Å². The Balaban J connectivity index is 0.00000210. The van der Waals surface area contributed by atoms with Crippen LogP contribution in [-0.2, 0) is 24.2 Å². The van der Waals surface area contributed by atoms with E-state index in [1.54, 1.807) is 12.1 Å². The predicted molar refractivity (Wildman–Crippen MR) is 87.1 cm³/mol. The van der Waals surface area contributed by atoms with Crippen LogP contribution in [-0.4, -0.2) is 41.5 Å². The minimum Gasteiger partial charge on any atom is -0.545 e. The third kappa shape index (κ3) is 4.48. The van der Waals surface area contributed by atoms with Crippen LogP contribution >= 0.6 is 0 Å². The quantitative estimate of drug-likeness (QED) is 0.259. The van der Waals surface area contributed by atoms with Crippen molar-refractivity contribution in [3.63, 3.8) is 0 Å². The van der Waals surface area contributed by atoms with Crippen LogP contribution in [0.1, 0.15) is 5.69 Å². The Morgan fingerprint density at radius 2 is 1.86 bits per heavy atom. The Morgan fingerprint density at radius 3 is 2.38 bits per heavy atom. The van der Waals surface area contributed by atoms with Crippen molar-refractivity contribution in [2.75, 3.05) is 0 Å². The van der Waals surface area contributed by atoms with E-state index in [1.165, 1.54) is 18.3 Å². The number of carbonyl (C=O) groups is 3. The topological polar surface area (TPSA) is 148 Å². The minimum atomic E-state index is -4.27. The molecule has 0 spiro atoms. The molecule has 1 fully saturated rings. The van der Waals surface area contributed by atoms with E-state index in [0.717, 1.165) is 0 Å². The largest absolute Gasteiger partial charge is 1.00 e. The Bertz CT molecular complexity index is 1090. The Labute approximate surface area is 210 Å². The first kappa shape index (κ1) is 25.5. The molecule has 29 heavy (non-hydrogen) atoms. The second-order valence-corrected chi connectivity index (χ2v) is 7.58. The van der Waals surface area contributed by atoms with Crippen molar-refractivity contribution in [1.29, 1.82) is 0 Å². The summed E-state index contributed by atoms with van der Waals surface area (Å²) < 4.78 is 25.5. The van der Waals surface area contributed by atoms with Gasteiger partial charge in [-0.25, -0.2) is 8.42 Å². The summed E-state index contributed by atoms with van der Waals surface area (Å²) >= 11 is 0. The molecular weight excluding hydrogens is 422 g/mol. The summed E-state index contributed by atoms with van der Waals surface area (Å²) in [5.41, 5.74) is -1.21. The number of carbonyl (C=O) groups excluding carboxylic acids is 3. The smallest absolute Gasteiger partial charge is 0.545 e. The molecule has 0 N–H and O–H groups in total. The van der Waals surface area contributed by atoms with Crippen molar-refractivity contribution in [3.8, 4) is 0 Å². The normalized spacial score (nSPS) is 21.2. The average molecular weight is 432 g/mol. The van der Waals surface area contributed by atoms with Crippen LogP contribution in [0.4, 0.5) is 0 Å². The minimum absolute atomic E-state index is 0. The number of sulfone groups is 1. The molecule has 1 saturated heterocycles. The van der Waals surface area contributed by atoms with Gasteiger partial charge in [0.15, 0.2) is 5.37 Å². The predicted octanol–water partition coefficient (Wildman–Crippen LogP) is -8.11. The molecule has 138 valence electrons. The Morgan fingerprint density at radius 1 is 1.21 bits per heavy atom. The first-order valence-electron chi connectivity index (χ1n) is 7.40. The van der Waals surface area contributed by atoms with Gasteiger partial charge < -0.3 is 19.8 Å². The van der Waals surface area contributed by atoms with E-state index in [0.29, 0.717) is 22.7 Å². The summed E-state index contributed by atoms with van der Waals surface area (Å²) in [6.45, 7) is 3.36. The van der Waals surface area contributed by atoms with Crippen molar-refractivity contribution >= 4 is 33.8 Å². The Hall–Kier alpha value is -1.53. The molecule has 12 heteroatoms. The summed E-state index contributed by atoms with van der Waals surface area (Å²) in [7, 11) is -4.27. The molecule has 3 heterocycles. The third-order valence-corrected chi connectivity index (χ3v) is 5.93. The molecule has 1 aromatic heterocycles. The molecule has 2 aliphatic rings. The molecule has 0 bridgehead atoms. The van der Waals surface area contributed by atoms with E-state index < -0.39 is 49.2 Å². The van der Waals surface area contributed by atoms with Crippen LogP contribution in [0.5, 0.6) is 0 Å². The second kappa shape index (κ2) is 9.52. The zero-order chi connectivity index (χ0) is 19.9. The van der Waals surface area contributed by atoms with Crippen LogP contribution in [0.25, 0.3) is 6.08 Å². The van der Waals surface area contributed by atoms with Gasteiger partial charge in [0.1, 0.15) is 0 Å². The summed E-state index contributed by atoms with van der Waals surface area (Å²) in [6.07, 6.45) is 3.82. The van der Waals surface area contributed by atoms with Crippen LogP contribution in [0, 0.1) is 0 Å². The van der Waals surface area contributed by atoms with Crippen molar-refractivity contribution < 1.29 is 92.1 Å². The van der Waals surface area contributed by atoms with Crippen LogP contribution in [0.15, 0.2) is 64.9 Å². The average Bonchev–Trinajstić information content (AvgIpc) is 2.61. The molecule has 2 aliphatic heterocycles. The molecule has 9 nitrogen and oxygen atoms in total. The number of carboxylic acids is 2. The number of nitrogens with zero attached hydrogens (tertiary/aromatic N) is 2. The maximum absolute atomic E-state index is 12.7. The standard InChI is InChI=1S/C17H12N2O7S.2Na/c1-9-11(5-6-13(20)21)14(17(23)24)19-15(22)12(16(19)27(9,25)26)8-10-4-2-3-7-18-10;;/h2-8,16H,1H2,(H,20,21)(H,23,24);;/q;2*+1/p-2/b6-5+,12-8-;;/t16-;;/m0../s1. The van der Waals surface area contributed by atoms with Gasteiger partial charge in [0.05, 0.1) is 33.8 Å². The molecule has 0 aliphatic carbocycles. The number of β-lactam (4-membered cyclic amide) rings is 1. The Kier molecular flexibility index (Phi) is 8.37. The SMILES string of the molecule is C=C1C(/C=C/C(=O)[O-])=C(C(=O)[O-])N2C(=O)/C(=C/c3ccccn3)[C@@H]2S1(=O)=O.[Na+].[Na+]. The van der Waals surface area contributed by atoms with Crippen LogP contribution in [0.3, 0.4) is 0 Å². The third-order valence-electron chi connectivity index (χ3n) is 3.97. The molecule has 1 amide bonds. The van der Waals surface area contributed by atoms with E-state index in [1.807, 2.05) is 0 Å². The van der Waals surface area contributed by atoms with E-state index in [9.17, 15) is 33.0 Å². The number of aliphatic carboxylic acids is 2. The van der Waals surface area contributed by atoms with Crippen molar-refractivity contribution in [2.24, 2.45) is 0 Å². The number of fused-ring (bicyclic) bond motifs is 1. The fraction of sp³-hybridized carbons (Fsp3) is 0.0588. The van der Waals surface area contributed by atoms with Crippen molar-refractivity contribution in [3.05, 3.63) is 70.6 Å². The molecule has 3 rings (SSSR count). The number of hydrogen-bond donors (Lipinski definition) is 0. The molecule has 0 radical (unpaired) electrons. The zero-order valence-corrected chi connectivity index (χ0v) is 20.3. The molecular formula is C17H10N2Na2O7S. The first-order chi connectivity index (χ1) is 12.7. The number of carboxylic acid groups (broad SMARTS) is 2. The molecule has 1 aromatic rings. The fourth-order valence-electron chi connectivity index (χ4n) is 2.78.